The van der Waals surface area contributed by atoms with Gasteiger partial charge in [0.25, 0.3) is 11.8 Å². The first-order valence-corrected chi connectivity index (χ1v) is 11.1. The van der Waals surface area contributed by atoms with E-state index in [-0.39, 0.29) is 5.91 Å². The second-order valence-electron chi connectivity index (χ2n) is 7.21. The van der Waals surface area contributed by atoms with Gasteiger partial charge in [0.05, 0.1) is 11.4 Å². The molecular weight excluding hydrogens is 408 g/mol. The number of benzene rings is 2. The van der Waals surface area contributed by atoms with Gasteiger partial charge in [-0.05, 0) is 54.2 Å². The van der Waals surface area contributed by atoms with Gasteiger partial charge >= 0.3 is 0 Å². The number of para-hydroxylation sites is 1. The monoisotopic (exact) mass is 432 g/mol. The van der Waals surface area contributed by atoms with Crippen LogP contribution in [0.2, 0.25) is 0 Å². The molecule has 2 heterocycles. The summed E-state index contributed by atoms with van der Waals surface area (Å²) in [7, 11) is 0. The topological polar surface area (TPSA) is 71.3 Å². The molecule has 0 aliphatic rings. The minimum Gasteiger partial charge on any atom is -0.419 e. The van der Waals surface area contributed by atoms with Crippen LogP contribution in [0.25, 0.3) is 10.8 Å². The molecule has 0 saturated carbocycles. The zero-order valence-corrected chi connectivity index (χ0v) is 18.1. The normalized spacial score (nSPS) is 11.0. The maximum Gasteiger partial charge on any atom is 0.257 e. The van der Waals surface area contributed by atoms with Crippen LogP contribution in [0, 0.1) is 0 Å². The van der Waals surface area contributed by atoms with Gasteiger partial charge in [-0.15, -0.1) is 21.5 Å². The molecule has 0 unspecified atom stereocenters. The highest BCUT2D eigenvalue weighted by atomic mass is 32.1. The Morgan fingerprint density at radius 3 is 2.52 bits per heavy atom. The molecule has 1 amide bonds. The smallest absolute Gasteiger partial charge is 0.257 e. The first kappa shape index (κ1) is 21.0. The lowest BCUT2D eigenvalue weighted by Crippen LogP contribution is -2.24. The molecule has 4 rings (SSSR count). The highest BCUT2D eigenvalue weighted by molar-refractivity contribution is 7.13. The van der Waals surface area contributed by atoms with Gasteiger partial charge in [0.1, 0.15) is 0 Å². The molecule has 0 saturated heterocycles. The molecule has 1 N–H and O–H groups in total. The van der Waals surface area contributed by atoms with Gasteiger partial charge in [-0.1, -0.05) is 43.3 Å². The van der Waals surface area contributed by atoms with E-state index >= 15 is 0 Å². The van der Waals surface area contributed by atoms with Crippen molar-refractivity contribution in [2.24, 2.45) is 0 Å². The Balaban J connectivity index is 1.38. The van der Waals surface area contributed by atoms with E-state index in [0.29, 0.717) is 23.9 Å². The van der Waals surface area contributed by atoms with Gasteiger partial charge in [-0.3, -0.25) is 9.69 Å². The summed E-state index contributed by atoms with van der Waals surface area (Å²) in [6.07, 6.45) is 1.02. The summed E-state index contributed by atoms with van der Waals surface area (Å²) in [6, 6.07) is 21.1. The van der Waals surface area contributed by atoms with Crippen LogP contribution in [0.15, 0.2) is 76.5 Å². The summed E-state index contributed by atoms with van der Waals surface area (Å²) in [5, 5.41) is 13.3. The van der Waals surface area contributed by atoms with Crippen LogP contribution in [0.3, 0.4) is 0 Å². The van der Waals surface area contributed by atoms with E-state index in [9.17, 15) is 4.79 Å². The van der Waals surface area contributed by atoms with E-state index in [1.807, 2.05) is 72.1 Å². The Bertz CT molecular complexity index is 1090. The number of carbonyl (C=O) groups excluding carboxylic acids is 1. The molecule has 0 radical (unpaired) electrons. The average Bonchev–Trinajstić information content (AvgIpc) is 3.47. The largest absolute Gasteiger partial charge is 0.419 e. The van der Waals surface area contributed by atoms with E-state index in [4.69, 9.17) is 4.42 Å². The van der Waals surface area contributed by atoms with Crippen LogP contribution >= 0.6 is 11.3 Å². The molecule has 158 valence electrons. The molecule has 7 heteroatoms. The second-order valence-corrected chi connectivity index (χ2v) is 8.15. The number of amides is 1. The van der Waals surface area contributed by atoms with Crippen molar-refractivity contribution < 1.29 is 9.21 Å². The zero-order chi connectivity index (χ0) is 21.5. The lowest BCUT2D eigenvalue weighted by Gasteiger charge is -2.20. The molecule has 0 spiro atoms. The van der Waals surface area contributed by atoms with Crippen LogP contribution in [-0.4, -0.2) is 27.5 Å². The number of rotatable bonds is 9. The van der Waals surface area contributed by atoms with E-state index in [1.54, 1.807) is 11.3 Å². The molecule has 0 atom stereocenters. The summed E-state index contributed by atoms with van der Waals surface area (Å²) in [4.78, 5) is 15.7. The van der Waals surface area contributed by atoms with Crippen molar-refractivity contribution in [3.8, 4) is 10.8 Å². The standard InChI is InChI=1S/C24H24N4O2S/c1-2-14-28(17-22-26-27-24(30-22)21-9-6-15-31-21)16-18-10-12-19(13-11-18)23(29)25-20-7-4-3-5-8-20/h3-13,15H,2,14,16-17H2,1H3,(H,25,29). The molecule has 2 aromatic carbocycles. The van der Waals surface area contributed by atoms with Gasteiger partial charge in [0.15, 0.2) is 0 Å². The predicted molar refractivity (Wildman–Crippen MR) is 123 cm³/mol. The zero-order valence-electron chi connectivity index (χ0n) is 17.3. The Morgan fingerprint density at radius 2 is 1.81 bits per heavy atom. The summed E-state index contributed by atoms with van der Waals surface area (Å²) < 4.78 is 5.84. The van der Waals surface area contributed by atoms with Crippen molar-refractivity contribution in [2.45, 2.75) is 26.4 Å². The molecule has 31 heavy (non-hydrogen) atoms. The Kier molecular flexibility index (Phi) is 6.86. The van der Waals surface area contributed by atoms with Crippen molar-refractivity contribution in [2.75, 3.05) is 11.9 Å². The third kappa shape index (κ3) is 5.65. The van der Waals surface area contributed by atoms with Crippen molar-refractivity contribution in [3.63, 3.8) is 0 Å². The van der Waals surface area contributed by atoms with E-state index in [2.05, 4.69) is 27.3 Å². The number of carbonyl (C=O) groups is 1. The van der Waals surface area contributed by atoms with Crippen LogP contribution in [0.1, 0.15) is 35.2 Å². The summed E-state index contributed by atoms with van der Waals surface area (Å²) in [5.41, 5.74) is 2.54. The molecule has 0 fully saturated rings. The van der Waals surface area contributed by atoms with E-state index in [0.717, 1.165) is 35.6 Å². The van der Waals surface area contributed by atoms with Crippen molar-refractivity contribution >= 4 is 22.9 Å². The van der Waals surface area contributed by atoms with E-state index < -0.39 is 0 Å². The van der Waals surface area contributed by atoms with Crippen molar-refractivity contribution in [1.82, 2.24) is 15.1 Å². The fourth-order valence-electron chi connectivity index (χ4n) is 3.28. The third-order valence-electron chi connectivity index (χ3n) is 4.75. The second kappa shape index (κ2) is 10.1. The minimum atomic E-state index is -0.116. The lowest BCUT2D eigenvalue weighted by molar-refractivity contribution is 0.102. The quantitative estimate of drug-likeness (QED) is 0.380. The van der Waals surface area contributed by atoms with Crippen LogP contribution in [0.4, 0.5) is 5.69 Å². The first-order chi connectivity index (χ1) is 15.2. The van der Waals surface area contributed by atoms with Crippen LogP contribution in [0.5, 0.6) is 0 Å². The predicted octanol–water partition coefficient (Wildman–Crippen LogP) is 5.46. The summed E-state index contributed by atoms with van der Waals surface area (Å²) in [6.45, 7) is 4.38. The maximum atomic E-state index is 12.4. The number of aromatic nitrogens is 2. The molecule has 0 bridgehead atoms. The molecule has 0 aliphatic carbocycles. The van der Waals surface area contributed by atoms with Gasteiger partial charge in [-0.2, -0.15) is 0 Å². The summed E-state index contributed by atoms with van der Waals surface area (Å²) in [5.74, 6) is 1.06. The number of thiophene rings is 1. The minimum absolute atomic E-state index is 0.116. The SMILES string of the molecule is CCCN(Cc1ccc(C(=O)Nc2ccccc2)cc1)Cc1nnc(-c2cccs2)o1. The molecule has 2 aromatic heterocycles. The number of anilines is 1. The number of nitrogens with one attached hydrogen (secondary N) is 1. The van der Waals surface area contributed by atoms with Gasteiger partial charge in [0.2, 0.25) is 5.89 Å². The number of nitrogens with zero attached hydrogens (tertiary/aromatic N) is 3. The van der Waals surface area contributed by atoms with Gasteiger partial charge < -0.3 is 9.73 Å². The van der Waals surface area contributed by atoms with Crippen LogP contribution < -0.4 is 5.32 Å². The van der Waals surface area contributed by atoms with Gasteiger partial charge in [-0.25, -0.2) is 0 Å². The van der Waals surface area contributed by atoms with Crippen LogP contribution in [-0.2, 0) is 13.1 Å². The Morgan fingerprint density at radius 1 is 1.00 bits per heavy atom. The maximum absolute atomic E-state index is 12.4. The van der Waals surface area contributed by atoms with E-state index in [1.165, 1.54) is 0 Å². The highest BCUT2D eigenvalue weighted by Crippen LogP contribution is 2.23. The molecule has 0 aliphatic heterocycles. The Labute approximate surface area is 185 Å². The summed E-state index contributed by atoms with van der Waals surface area (Å²) >= 11 is 1.58. The molecular formula is C24H24N4O2S. The number of hydrogen-bond donors (Lipinski definition) is 1. The number of hydrogen-bond acceptors (Lipinski definition) is 6. The first-order valence-electron chi connectivity index (χ1n) is 10.2. The third-order valence-corrected chi connectivity index (χ3v) is 5.61. The Hall–Kier alpha value is -3.29. The molecule has 4 aromatic rings. The van der Waals surface area contributed by atoms with Crippen molar-refractivity contribution in [1.29, 1.82) is 0 Å². The highest BCUT2D eigenvalue weighted by Gasteiger charge is 2.14. The average molecular weight is 433 g/mol. The van der Waals surface area contributed by atoms with Gasteiger partial charge in [0, 0.05) is 17.8 Å². The fourth-order valence-corrected chi connectivity index (χ4v) is 3.93. The lowest BCUT2D eigenvalue weighted by atomic mass is 10.1. The molecule has 6 nitrogen and oxygen atoms in total. The van der Waals surface area contributed by atoms with Crippen molar-refractivity contribution in [3.05, 3.63) is 89.1 Å². The fraction of sp³-hybridized carbons (Fsp3) is 0.208.